The lowest BCUT2D eigenvalue weighted by Crippen LogP contribution is -2.47. The molecule has 0 bridgehead atoms. The summed E-state index contributed by atoms with van der Waals surface area (Å²) in [4.78, 5) is 28.9. The number of benzene rings is 1. The minimum Gasteiger partial charge on any atom is -0.464 e. The average molecular weight is 466 g/mol. The molecule has 0 saturated carbocycles. The topological polar surface area (TPSA) is 75.0 Å². The van der Waals surface area contributed by atoms with Crippen LogP contribution in [0.3, 0.4) is 0 Å². The number of nitrogens with zero attached hydrogens (tertiary/aromatic N) is 2. The van der Waals surface area contributed by atoms with Gasteiger partial charge in [-0.25, -0.2) is 4.79 Å². The van der Waals surface area contributed by atoms with E-state index in [-0.39, 0.29) is 24.5 Å². The monoisotopic (exact) mass is 465 g/mol. The Hall–Kier alpha value is -2.32. The Kier molecular flexibility index (Phi) is 8.72. The van der Waals surface area contributed by atoms with Crippen molar-refractivity contribution >= 4 is 33.6 Å². The second-order valence-electron chi connectivity index (χ2n) is 6.98. The highest BCUT2D eigenvalue weighted by atomic mass is 79.9. The predicted octanol–water partition coefficient (Wildman–Crippen LogP) is 4.27. The van der Waals surface area contributed by atoms with Crippen molar-refractivity contribution in [1.29, 1.82) is 0 Å². The summed E-state index contributed by atoms with van der Waals surface area (Å²) < 4.78 is 11.6. The van der Waals surface area contributed by atoms with E-state index in [1.54, 1.807) is 18.1 Å². The van der Waals surface area contributed by atoms with Crippen molar-refractivity contribution < 1.29 is 18.7 Å². The van der Waals surface area contributed by atoms with Gasteiger partial charge in [0, 0.05) is 29.9 Å². The predicted molar refractivity (Wildman–Crippen MR) is 116 cm³/mol. The second kappa shape index (κ2) is 11.0. The molecule has 0 unspecified atom stereocenters. The van der Waals surface area contributed by atoms with Crippen LogP contribution in [0.25, 0.3) is 0 Å². The third-order valence-corrected chi connectivity index (χ3v) is 4.82. The van der Waals surface area contributed by atoms with E-state index >= 15 is 0 Å². The maximum atomic E-state index is 13.0. The molecular weight excluding hydrogens is 438 g/mol. The van der Waals surface area contributed by atoms with Gasteiger partial charge in [0.05, 0.1) is 13.2 Å². The summed E-state index contributed by atoms with van der Waals surface area (Å²) in [5, 5.41) is 2.85. The molecule has 0 aliphatic carbocycles. The van der Waals surface area contributed by atoms with Gasteiger partial charge in [-0.05, 0) is 51.1 Å². The number of urea groups is 1. The molecule has 1 N–H and O–H groups in total. The number of ether oxygens (including phenoxy) is 1. The van der Waals surface area contributed by atoms with E-state index in [1.165, 1.54) is 4.90 Å². The molecule has 2 rings (SSSR count). The lowest BCUT2D eigenvalue weighted by molar-refractivity contribution is -0.133. The van der Waals surface area contributed by atoms with Crippen LogP contribution in [0.1, 0.15) is 25.4 Å². The van der Waals surface area contributed by atoms with Gasteiger partial charge in [-0.15, -0.1) is 0 Å². The van der Waals surface area contributed by atoms with Crippen LogP contribution in [0.15, 0.2) is 45.3 Å². The summed E-state index contributed by atoms with van der Waals surface area (Å²) in [5.41, 5.74) is 0.657. The molecule has 0 radical (unpaired) electrons. The zero-order valence-corrected chi connectivity index (χ0v) is 18.9. The van der Waals surface area contributed by atoms with Crippen molar-refractivity contribution in [2.75, 3.05) is 32.1 Å². The van der Waals surface area contributed by atoms with Crippen LogP contribution in [0.4, 0.5) is 10.5 Å². The Bertz CT molecular complexity index is 822. The van der Waals surface area contributed by atoms with Gasteiger partial charge >= 0.3 is 6.03 Å². The largest absolute Gasteiger partial charge is 0.464 e. The van der Waals surface area contributed by atoms with E-state index in [2.05, 4.69) is 21.2 Å². The highest BCUT2D eigenvalue weighted by molar-refractivity contribution is 9.10. The molecule has 0 spiro atoms. The smallest absolute Gasteiger partial charge is 0.322 e. The van der Waals surface area contributed by atoms with Crippen molar-refractivity contribution in [3.63, 3.8) is 0 Å². The van der Waals surface area contributed by atoms with E-state index in [0.29, 0.717) is 31.1 Å². The molecule has 0 fully saturated rings. The molecule has 2 aromatic rings. The average Bonchev–Trinajstić information content (AvgIpc) is 3.07. The van der Waals surface area contributed by atoms with Crippen molar-refractivity contribution in [2.24, 2.45) is 0 Å². The van der Waals surface area contributed by atoms with E-state index in [4.69, 9.17) is 9.15 Å². The highest BCUT2D eigenvalue weighted by Crippen LogP contribution is 2.17. The Labute approximate surface area is 180 Å². The number of carbonyl (C=O) groups is 2. The van der Waals surface area contributed by atoms with Crippen molar-refractivity contribution in [1.82, 2.24) is 9.80 Å². The zero-order valence-electron chi connectivity index (χ0n) is 17.3. The van der Waals surface area contributed by atoms with Crippen LogP contribution in [0, 0.1) is 6.92 Å². The first-order valence-electron chi connectivity index (χ1n) is 9.45. The SMILES string of the molecule is COCCN(Cc1ccc(C)o1)C(=O)CN(C(=O)Nc1cccc(Br)c1)C(C)C. The van der Waals surface area contributed by atoms with Gasteiger partial charge in [0.2, 0.25) is 5.91 Å². The Morgan fingerprint density at radius 2 is 2.00 bits per heavy atom. The maximum absolute atomic E-state index is 13.0. The molecule has 1 aromatic heterocycles. The Morgan fingerprint density at radius 3 is 2.59 bits per heavy atom. The van der Waals surface area contributed by atoms with Crippen molar-refractivity contribution in [3.05, 3.63) is 52.4 Å². The first-order chi connectivity index (χ1) is 13.8. The van der Waals surface area contributed by atoms with Crippen molar-refractivity contribution in [3.8, 4) is 0 Å². The molecule has 0 aliphatic heterocycles. The summed E-state index contributed by atoms with van der Waals surface area (Å²) >= 11 is 3.39. The number of aryl methyl sites for hydroxylation is 1. The first kappa shape index (κ1) is 23.0. The molecule has 8 heteroatoms. The van der Waals surface area contributed by atoms with Gasteiger partial charge in [-0.2, -0.15) is 0 Å². The second-order valence-corrected chi connectivity index (χ2v) is 7.90. The molecule has 0 saturated heterocycles. The van der Waals surface area contributed by atoms with Gasteiger partial charge in [0.1, 0.15) is 18.1 Å². The molecule has 0 atom stereocenters. The Morgan fingerprint density at radius 1 is 1.24 bits per heavy atom. The molecule has 1 aromatic carbocycles. The normalized spacial score (nSPS) is 10.8. The summed E-state index contributed by atoms with van der Waals surface area (Å²) in [7, 11) is 1.59. The first-order valence-corrected chi connectivity index (χ1v) is 10.2. The quantitative estimate of drug-likeness (QED) is 0.599. The summed E-state index contributed by atoms with van der Waals surface area (Å²) in [6.07, 6.45) is 0. The molecule has 158 valence electrons. The number of carbonyl (C=O) groups excluding carboxylic acids is 2. The number of halogens is 1. The molecular formula is C21H28BrN3O4. The number of hydrogen-bond donors (Lipinski definition) is 1. The van der Waals surface area contributed by atoms with Crippen LogP contribution in [0.5, 0.6) is 0 Å². The fourth-order valence-corrected chi connectivity index (χ4v) is 3.15. The molecule has 7 nitrogen and oxygen atoms in total. The number of anilines is 1. The lowest BCUT2D eigenvalue weighted by atomic mass is 10.3. The van der Waals surface area contributed by atoms with E-state index in [1.807, 2.05) is 51.1 Å². The number of nitrogens with one attached hydrogen (secondary N) is 1. The van der Waals surface area contributed by atoms with Gasteiger partial charge in [-0.3, -0.25) is 4.79 Å². The number of hydrogen-bond acceptors (Lipinski definition) is 4. The van der Waals surface area contributed by atoms with Crippen LogP contribution in [-0.4, -0.2) is 54.6 Å². The van der Waals surface area contributed by atoms with Gasteiger partial charge in [-0.1, -0.05) is 22.0 Å². The number of amides is 3. The van der Waals surface area contributed by atoms with Gasteiger partial charge < -0.3 is 24.3 Å². The molecule has 29 heavy (non-hydrogen) atoms. The van der Waals surface area contributed by atoms with E-state index < -0.39 is 0 Å². The minimum absolute atomic E-state index is 0.0408. The summed E-state index contributed by atoms with van der Waals surface area (Å²) in [5.74, 6) is 1.31. The maximum Gasteiger partial charge on any atom is 0.322 e. The molecule has 0 aliphatic rings. The fraction of sp³-hybridized carbons (Fsp3) is 0.429. The van der Waals surface area contributed by atoms with Crippen LogP contribution in [-0.2, 0) is 16.1 Å². The van der Waals surface area contributed by atoms with Gasteiger partial charge in [0.15, 0.2) is 0 Å². The minimum atomic E-state index is -0.327. The Balaban J connectivity index is 2.08. The van der Waals surface area contributed by atoms with Crippen molar-refractivity contribution in [2.45, 2.75) is 33.4 Å². The molecule has 1 heterocycles. The number of furan rings is 1. The summed E-state index contributed by atoms with van der Waals surface area (Å²) in [6, 6.07) is 10.6. The lowest BCUT2D eigenvalue weighted by Gasteiger charge is -2.29. The molecule has 3 amide bonds. The number of methoxy groups -OCH3 is 1. The zero-order chi connectivity index (χ0) is 21.4. The van der Waals surface area contributed by atoms with Crippen LogP contribution in [0.2, 0.25) is 0 Å². The standard InChI is InChI=1S/C21H28BrN3O4/c1-15(2)25(21(27)23-18-7-5-6-17(22)12-18)14-20(26)24(10-11-28-4)13-19-9-8-16(3)29-19/h5-9,12,15H,10-11,13-14H2,1-4H3,(H,23,27). The third kappa shape index (κ3) is 7.21. The van der Waals surface area contributed by atoms with E-state index in [9.17, 15) is 9.59 Å². The van der Waals surface area contributed by atoms with E-state index in [0.717, 1.165) is 10.2 Å². The van der Waals surface area contributed by atoms with Crippen LogP contribution < -0.4 is 5.32 Å². The highest BCUT2D eigenvalue weighted by Gasteiger charge is 2.24. The third-order valence-electron chi connectivity index (χ3n) is 4.33. The van der Waals surface area contributed by atoms with Crippen LogP contribution >= 0.6 is 15.9 Å². The van der Waals surface area contributed by atoms with Gasteiger partial charge in [0.25, 0.3) is 0 Å². The summed E-state index contributed by atoms with van der Waals surface area (Å²) in [6.45, 7) is 6.71. The fourth-order valence-electron chi connectivity index (χ4n) is 2.75. The number of rotatable bonds is 9.